The van der Waals surface area contributed by atoms with Gasteiger partial charge in [0.05, 0.1) is 13.2 Å². The third kappa shape index (κ3) is 4.71. The van der Waals surface area contributed by atoms with E-state index in [0.29, 0.717) is 6.61 Å². The zero-order valence-electron chi connectivity index (χ0n) is 12.8. The van der Waals surface area contributed by atoms with Crippen molar-refractivity contribution in [2.75, 3.05) is 32.8 Å². The van der Waals surface area contributed by atoms with Crippen molar-refractivity contribution in [3.63, 3.8) is 0 Å². The van der Waals surface area contributed by atoms with E-state index in [1.165, 1.54) is 25.9 Å². The van der Waals surface area contributed by atoms with E-state index in [1.807, 2.05) is 31.2 Å². The van der Waals surface area contributed by atoms with Crippen molar-refractivity contribution >= 4 is 0 Å². The third-order valence-corrected chi connectivity index (χ3v) is 3.77. The molecule has 0 amide bonds. The van der Waals surface area contributed by atoms with Crippen LogP contribution < -0.4 is 9.47 Å². The van der Waals surface area contributed by atoms with Crippen molar-refractivity contribution in [1.82, 2.24) is 4.90 Å². The van der Waals surface area contributed by atoms with E-state index in [2.05, 4.69) is 11.8 Å². The molecular weight excluding hydrogens is 250 g/mol. The minimum atomic E-state index is 0.673. The summed E-state index contributed by atoms with van der Waals surface area (Å²) in [5.74, 6) is 2.56. The van der Waals surface area contributed by atoms with Crippen LogP contribution in [-0.4, -0.2) is 37.7 Å². The molecule has 112 valence electrons. The summed E-state index contributed by atoms with van der Waals surface area (Å²) in [5, 5.41) is 0. The number of ether oxygens (including phenoxy) is 2. The maximum atomic E-state index is 5.86. The summed E-state index contributed by atoms with van der Waals surface area (Å²) in [6.07, 6.45) is 3.80. The summed E-state index contributed by atoms with van der Waals surface area (Å²) in [7, 11) is 0. The monoisotopic (exact) mass is 277 g/mol. The fraction of sp³-hybridized carbons (Fsp3) is 0.647. The maximum Gasteiger partial charge on any atom is 0.161 e. The number of hydrogen-bond acceptors (Lipinski definition) is 3. The Morgan fingerprint density at radius 3 is 2.65 bits per heavy atom. The Morgan fingerprint density at radius 1 is 1.20 bits per heavy atom. The first-order chi connectivity index (χ1) is 9.79. The number of rotatable bonds is 7. The van der Waals surface area contributed by atoms with Crippen LogP contribution in [0.5, 0.6) is 11.5 Å². The van der Waals surface area contributed by atoms with Crippen LogP contribution in [-0.2, 0) is 0 Å². The van der Waals surface area contributed by atoms with Crippen LogP contribution in [0, 0.1) is 5.92 Å². The van der Waals surface area contributed by atoms with Crippen molar-refractivity contribution in [2.24, 2.45) is 5.92 Å². The van der Waals surface area contributed by atoms with E-state index in [-0.39, 0.29) is 0 Å². The number of nitrogens with zero attached hydrogens (tertiary/aromatic N) is 1. The zero-order valence-corrected chi connectivity index (χ0v) is 12.8. The molecule has 3 nitrogen and oxygen atoms in total. The first kappa shape index (κ1) is 15.2. The van der Waals surface area contributed by atoms with Crippen molar-refractivity contribution in [3.8, 4) is 11.5 Å². The van der Waals surface area contributed by atoms with E-state index < -0.39 is 0 Å². The first-order valence-electron chi connectivity index (χ1n) is 7.86. The Bertz CT molecular complexity index is 394. The second-order valence-electron chi connectivity index (χ2n) is 5.63. The number of hydrogen-bond donors (Lipinski definition) is 0. The first-order valence-corrected chi connectivity index (χ1v) is 7.86. The SMILES string of the molecule is CCOc1ccccc1OCCCN1CCC[C@H](C)C1. The van der Waals surface area contributed by atoms with Crippen LogP contribution >= 0.6 is 0 Å². The van der Waals surface area contributed by atoms with E-state index >= 15 is 0 Å². The van der Waals surface area contributed by atoms with Gasteiger partial charge in [-0.15, -0.1) is 0 Å². The Kier molecular flexibility index (Phi) is 6.19. The lowest BCUT2D eigenvalue weighted by molar-refractivity contribution is 0.169. The Balaban J connectivity index is 1.70. The molecule has 1 heterocycles. The molecule has 1 fully saturated rings. The highest BCUT2D eigenvalue weighted by molar-refractivity contribution is 5.39. The van der Waals surface area contributed by atoms with Crippen LogP contribution in [0.3, 0.4) is 0 Å². The van der Waals surface area contributed by atoms with Gasteiger partial charge in [-0.05, 0) is 50.8 Å². The van der Waals surface area contributed by atoms with Crippen LogP contribution in [0.2, 0.25) is 0 Å². The molecule has 1 aliphatic rings. The second kappa shape index (κ2) is 8.15. The Morgan fingerprint density at radius 2 is 1.95 bits per heavy atom. The molecule has 3 heteroatoms. The second-order valence-corrected chi connectivity index (χ2v) is 5.63. The van der Waals surface area contributed by atoms with E-state index in [9.17, 15) is 0 Å². The molecule has 1 aromatic carbocycles. The molecule has 0 saturated carbocycles. The van der Waals surface area contributed by atoms with Gasteiger partial charge in [0.15, 0.2) is 11.5 Å². The third-order valence-electron chi connectivity index (χ3n) is 3.77. The molecule has 20 heavy (non-hydrogen) atoms. The largest absolute Gasteiger partial charge is 0.490 e. The van der Waals surface area contributed by atoms with Crippen LogP contribution in [0.15, 0.2) is 24.3 Å². The van der Waals surface area contributed by atoms with Crippen molar-refractivity contribution < 1.29 is 9.47 Å². The predicted octanol–water partition coefficient (Wildman–Crippen LogP) is 3.59. The van der Waals surface area contributed by atoms with Gasteiger partial charge >= 0.3 is 0 Å². The molecule has 1 aromatic rings. The summed E-state index contributed by atoms with van der Waals surface area (Å²) in [4.78, 5) is 2.56. The van der Waals surface area contributed by atoms with E-state index in [1.54, 1.807) is 0 Å². The lowest BCUT2D eigenvalue weighted by Crippen LogP contribution is -2.35. The molecule has 0 radical (unpaired) electrons. The number of piperidine rings is 1. The fourth-order valence-corrected chi connectivity index (χ4v) is 2.80. The summed E-state index contributed by atoms with van der Waals surface area (Å²) in [6, 6.07) is 7.91. The van der Waals surface area contributed by atoms with Gasteiger partial charge in [-0.3, -0.25) is 0 Å². The van der Waals surface area contributed by atoms with E-state index in [0.717, 1.165) is 37.0 Å². The van der Waals surface area contributed by atoms with Gasteiger partial charge < -0.3 is 14.4 Å². The topological polar surface area (TPSA) is 21.7 Å². The molecule has 0 aromatic heterocycles. The highest BCUT2D eigenvalue weighted by Gasteiger charge is 2.15. The van der Waals surface area contributed by atoms with Crippen molar-refractivity contribution in [2.45, 2.75) is 33.1 Å². The standard InChI is InChI=1S/C17H27NO2/c1-3-19-16-9-4-5-10-17(16)20-13-7-12-18-11-6-8-15(2)14-18/h4-5,9-10,15H,3,6-8,11-14H2,1-2H3/t15-/m0/s1. The molecule has 0 unspecified atom stereocenters. The predicted molar refractivity (Wildman–Crippen MR) is 82.6 cm³/mol. The van der Waals surface area contributed by atoms with Gasteiger partial charge in [0, 0.05) is 13.1 Å². The van der Waals surface area contributed by atoms with Crippen molar-refractivity contribution in [1.29, 1.82) is 0 Å². The maximum absolute atomic E-state index is 5.86. The van der Waals surface area contributed by atoms with Crippen LogP contribution in [0.1, 0.15) is 33.1 Å². The van der Waals surface area contributed by atoms with Crippen LogP contribution in [0.4, 0.5) is 0 Å². The summed E-state index contributed by atoms with van der Waals surface area (Å²) >= 11 is 0. The zero-order chi connectivity index (χ0) is 14.2. The number of likely N-dealkylation sites (tertiary alicyclic amines) is 1. The summed E-state index contributed by atoms with van der Waals surface area (Å²) < 4.78 is 11.4. The molecule has 2 rings (SSSR count). The van der Waals surface area contributed by atoms with Gasteiger partial charge in [-0.2, -0.15) is 0 Å². The molecule has 0 spiro atoms. The highest BCUT2D eigenvalue weighted by atomic mass is 16.5. The lowest BCUT2D eigenvalue weighted by atomic mass is 10.0. The number of para-hydroxylation sites is 2. The minimum Gasteiger partial charge on any atom is -0.490 e. The smallest absolute Gasteiger partial charge is 0.161 e. The lowest BCUT2D eigenvalue weighted by Gasteiger charge is -2.30. The minimum absolute atomic E-state index is 0.673. The highest BCUT2D eigenvalue weighted by Crippen LogP contribution is 2.26. The average molecular weight is 277 g/mol. The van der Waals surface area contributed by atoms with Gasteiger partial charge in [0.1, 0.15) is 0 Å². The Hall–Kier alpha value is -1.22. The molecule has 0 aliphatic carbocycles. The van der Waals surface area contributed by atoms with Gasteiger partial charge in [-0.25, -0.2) is 0 Å². The quantitative estimate of drug-likeness (QED) is 0.711. The molecule has 1 aliphatic heterocycles. The van der Waals surface area contributed by atoms with Gasteiger partial charge in [-0.1, -0.05) is 19.1 Å². The molecule has 0 bridgehead atoms. The van der Waals surface area contributed by atoms with Gasteiger partial charge in [0.2, 0.25) is 0 Å². The number of benzene rings is 1. The molecule has 0 N–H and O–H groups in total. The van der Waals surface area contributed by atoms with Crippen molar-refractivity contribution in [3.05, 3.63) is 24.3 Å². The van der Waals surface area contributed by atoms with Gasteiger partial charge in [0.25, 0.3) is 0 Å². The molecule has 1 atom stereocenters. The summed E-state index contributed by atoms with van der Waals surface area (Å²) in [5.41, 5.74) is 0. The average Bonchev–Trinajstić information content (AvgIpc) is 2.46. The normalized spacial score (nSPS) is 19.8. The summed E-state index contributed by atoms with van der Waals surface area (Å²) in [6.45, 7) is 9.41. The molecule has 1 saturated heterocycles. The Labute approximate surface area is 122 Å². The fourth-order valence-electron chi connectivity index (χ4n) is 2.80. The van der Waals surface area contributed by atoms with E-state index in [4.69, 9.17) is 9.47 Å². The molecular formula is C17H27NO2. The van der Waals surface area contributed by atoms with Crippen LogP contribution in [0.25, 0.3) is 0 Å².